The predicted octanol–water partition coefficient (Wildman–Crippen LogP) is 3.87. The van der Waals surface area contributed by atoms with Crippen LogP contribution in [0.1, 0.15) is 56.2 Å². The van der Waals surface area contributed by atoms with Crippen LogP contribution < -0.4 is 0 Å². The van der Waals surface area contributed by atoms with Gasteiger partial charge in [-0.2, -0.15) is 0 Å². The maximum absolute atomic E-state index is 13.0. The molecule has 1 aromatic rings. The van der Waals surface area contributed by atoms with Crippen LogP contribution in [-0.4, -0.2) is 55.6 Å². The number of carbonyl (C=O) groups is 1. The SMILES string of the molecule is COC1(C(=O)N2CCC3(CCC(c4cccs4)(N(C)C)CC3)C2)CCC1. The summed E-state index contributed by atoms with van der Waals surface area (Å²) in [4.78, 5) is 19.1. The van der Waals surface area contributed by atoms with Gasteiger partial charge in [-0.1, -0.05) is 6.07 Å². The molecule has 26 heavy (non-hydrogen) atoms. The Bertz CT molecular complexity index is 637. The monoisotopic (exact) mass is 376 g/mol. The highest BCUT2D eigenvalue weighted by atomic mass is 32.1. The van der Waals surface area contributed by atoms with Crippen molar-refractivity contribution in [1.29, 1.82) is 0 Å². The van der Waals surface area contributed by atoms with E-state index in [-0.39, 0.29) is 11.4 Å². The van der Waals surface area contributed by atoms with E-state index in [1.807, 2.05) is 11.3 Å². The number of amides is 1. The second-order valence-corrected chi connectivity index (χ2v) is 9.88. The fraction of sp³-hybridized carbons (Fsp3) is 0.762. The van der Waals surface area contributed by atoms with Gasteiger partial charge in [-0.3, -0.25) is 9.69 Å². The molecular weight excluding hydrogens is 344 g/mol. The Labute approximate surface area is 161 Å². The van der Waals surface area contributed by atoms with Crippen molar-refractivity contribution in [1.82, 2.24) is 9.80 Å². The fourth-order valence-electron chi connectivity index (χ4n) is 5.46. The molecule has 4 nitrogen and oxygen atoms in total. The molecule has 4 rings (SSSR count). The predicted molar refractivity (Wildman–Crippen MR) is 105 cm³/mol. The summed E-state index contributed by atoms with van der Waals surface area (Å²) in [6.07, 6.45) is 8.88. The van der Waals surface area contributed by atoms with Gasteiger partial charge in [-0.05, 0) is 82.3 Å². The van der Waals surface area contributed by atoms with E-state index in [2.05, 4.69) is 41.4 Å². The normalized spacial score (nSPS) is 33.6. The number of carbonyl (C=O) groups excluding carboxylic acids is 1. The zero-order chi connectivity index (χ0) is 18.4. The summed E-state index contributed by atoms with van der Waals surface area (Å²) in [6, 6.07) is 4.47. The van der Waals surface area contributed by atoms with Gasteiger partial charge in [0, 0.05) is 25.1 Å². The number of ether oxygens (including phenoxy) is 1. The van der Waals surface area contributed by atoms with Crippen molar-refractivity contribution in [3.63, 3.8) is 0 Å². The summed E-state index contributed by atoms with van der Waals surface area (Å²) in [5.74, 6) is 0.255. The van der Waals surface area contributed by atoms with E-state index < -0.39 is 5.60 Å². The van der Waals surface area contributed by atoms with Crippen molar-refractivity contribution < 1.29 is 9.53 Å². The zero-order valence-electron chi connectivity index (χ0n) is 16.4. The molecule has 5 heteroatoms. The first kappa shape index (κ1) is 18.5. The molecule has 2 saturated carbocycles. The minimum Gasteiger partial charge on any atom is -0.368 e. The van der Waals surface area contributed by atoms with E-state index in [9.17, 15) is 4.79 Å². The van der Waals surface area contributed by atoms with Crippen molar-refractivity contribution in [2.24, 2.45) is 5.41 Å². The molecule has 0 radical (unpaired) electrons. The maximum Gasteiger partial charge on any atom is 0.254 e. The number of likely N-dealkylation sites (tertiary alicyclic amines) is 1. The molecule has 2 heterocycles. The molecule has 1 spiro atoms. The van der Waals surface area contributed by atoms with Crippen molar-refractivity contribution in [3.8, 4) is 0 Å². The van der Waals surface area contributed by atoms with Gasteiger partial charge >= 0.3 is 0 Å². The Hall–Kier alpha value is -0.910. The number of rotatable bonds is 4. The number of methoxy groups -OCH3 is 1. The van der Waals surface area contributed by atoms with Crippen LogP contribution in [0.4, 0.5) is 0 Å². The summed E-state index contributed by atoms with van der Waals surface area (Å²) in [7, 11) is 6.15. The molecule has 3 fully saturated rings. The highest BCUT2D eigenvalue weighted by molar-refractivity contribution is 7.10. The standard InChI is InChI=1S/C21H32N2O2S/c1-22(2)20(17-6-4-15-26-17)11-9-19(10-12-20)13-14-23(16-19)18(24)21(25-3)7-5-8-21/h4,6,15H,5,7-14,16H2,1-3H3. The first-order valence-electron chi connectivity index (χ1n) is 10.0. The van der Waals surface area contributed by atoms with Gasteiger partial charge in [0.2, 0.25) is 0 Å². The van der Waals surface area contributed by atoms with E-state index in [4.69, 9.17) is 4.74 Å². The van der Waals surface area contributed by atoms with Gasteiger partial charge in [-0.25, -0.2) is 0 Å². The molecule has 0 atom stereocenters. The Morgan fingerprint density at radius 3 is 2.38 bits per heavy atom. The quantitative estimate of drug-likeness (QED) is 0.800. The van der Waals surface area contributed by atoms with Gasteiger partial charge in [0.1, 0.15) is 5.60 Å². The van der Waals surface area contributed by atoms with Gasteiger partial charge in [0.15, 0.2) is 0 Å². The topological polar surface area (TPSA) is 32.8 Å². The summed E-state index contributed by atoms with van der Waals surface area (Å²) in [6.45, 7) is 1.85. The second kappa shape index (κ2) is 6.61. The Morgan fingerprint density at radius 2 is 1.88 bits per heavy atom. The summed E-state index contributed by atoms with van der Waals surface area (Å²) in [5, 5.41) is 2.20. The Kier molecular flexibility index (Phi) is 4.69. The van der Waals surface area contributed by atoms with Gasteiger partial charge in [-0.15, -0.1) is 11.3 Å². The largest absolute Gasteiger partial charge is 0.368 e. The van der Waals surface area contributed by atoms with Crippen molar-refractivity contribution in [2.45, 2.75) is 62.5 Å². The minimum absolute atomic E-state index is 0.179. The van der Waals surface area contributed by atoms with Crippen LogP contribution in [0, 0.1) is 5.41 Å². The maximum atomic E-state index is 13.0. The summed E-state index contributed by atoms with van der Waals surface area (Å²) < 4.78 is 5.64. The molecular formula is C21H32N2O2S. The number of thiophene rings is 1. The Balaban J connectivity index is 1.45. The van der Waals surface area contributed by atoms with Crippen molar-refractivity contribution in [2.75, 3.05) is 34.3 Å². The van der Waals surface area contributed by atoms with Crippen LogP contribution in [0.25, 0.3) is 0 Å². The lowest BCUT2D eigenvalue weighted by molar-refractivity contribution is -0.165. The third-order valence-electron chi connectivity index (χ3n) is 7.64. The van der Waals surface area contributed by atoms with E-state index >= 15 is 0 Å². The number of hydrogen-bond acceptors (Lipinski definition) is 4. The van der Waals surface area contributed by atoms with Crippen molar-refractivity contribution >= 4 is 17.2 Å². The van der Waals surface area contributed by atoms with Crippen LogP contribution in [-0.2, 0) is 15.1 Å². The first-order chi connectivity index (χ1) is 12.5. The van der Waals surface area contributed by atoms with E-state index in [1.54, 1.807) is 7.11 Å². The fourth-order valence-corrected chi connectivity index (χ4v) is 6.53. The molecule has 0 unspecified atom stereocenters. The zero-order valence-corrected chi connectivity index (χ0v) is 17.2. The molecule has 3 aliphatic rings. The second-order valence-electron chi connectivity index (χ2n) is 8.93. The van der Waals surface area contributed by atoms with E-state index in [0.717, 1.165) is 38.8 Å². The van der Waals surface area contributed by atoms with Gasteiger partial charge < -0.3 is 9.64 Å². The van der Waals surface area contributed by atoms with Crippen LogP contribution in [0.3, 0.4) is 0 Å². The van der Waals surface area contributed by atoms with Gasteiger partial charge in [0.25, 0.3) is 5.91 Å². The lowest BCUT2D eigenvalue weighted by Gasteiger charge is -2.48. The molecule has 1 amide bonds. The molecule has 2 aliphatic carbocycles. The lowest BCUT2D eigenvalue weighted by atomic mass is 9.66. The first-order valence-corrected chi connectivity index (χ1v) is 10.9. The molecule has 1 aliphatic heterocycles. The highest BCUT2D eigenvalue weighted by Crippen LogP contribution is 2.53. The minimum atomic E-state index is -0.495. The summed E-state index contributed by atoms with van der Waals surface area (Å²) in [5.41, 5.74) is 0.00817. The molecule has 1 saturated heterocycles. The van der Waals surface area contributed by atoms with Crippen LogP contribution in [0.15, 0.2) is 17.5 Å². The molecule has 0 bridgehead atoms. The van der Waals surface area contributed by atoms with Crippen LogP contribution >= 0.6 is 11.3 Å². The molecule has 1 aromatic heterocycles. The smallest absolute Gasteiger partial charge is 0.254 e. The van der Waals surface area contributed by atoms with Crippen LogP contribution in [0.2, 0.25) is 0 Å². The summed E-state index contributed by atoms with van der Waals surface area (Å²) >= 11 is 1.89. The van der Waals surface area contributed by atoms with Crippen LogP contribution in [0.5, 0.6) is 0 Å². The highest BCUT2D eigenvalue weighted by Gasteiger charge is 2.52. The van der Waals surface area contributed by atoms with Crippen molar-refractivity contribution in [3.05, 3.63) is 22.4 Å². The number of hydrogen-bond donors (Lipinski definition) is 0. The van der Waals surface area contributed by atoms with E-state index in [0.29, 0.717) is 5.41 Å². The molecule has 0 aromatic carbocycles. The molecule has 0 N–H and O–H groups in total. The van der Waals surface area contributed by atoms with Gasteiger partial charge in [0.05, 0.1) is 5.54 Å². The third kappa shape index (κ3) is 2.74. The Morgan fingerprint density at radius 1 is 1.15 bits per heavy atom. The van der Waals surface area contributed by atoms with E-state index in [1.165, 1.54) is 30.6 Å². The third-order valence-corrected chi connectivity index (χ3v) is 8.70. The molecule has 144 valence electrons. The number of nitrogens with zero attached hydrogens (tertiary/aromatic N) is 2. The average molecular weight is 377 g/mol. The average Bonchev–Trinajstić information content (AvgIpc) is 3.26. The lowest BCUT2D eigenvalue weighted by Crippen LogP contribution is -2.54.